The Labute approximate surface area is 145 Å². The smallest absolute Gasteiger partial charge is 0.253 e. The molecule has 1 atom stereocenters. The number of amides is 1. The van der Waals surface area contributed by atoms with E-state index in [0.29, 0.717) is 16.5 Å². The Morgan fingerprint density at radius 2 is 1.77 bits per heavy atom. The first-order valence-electron chi connectivity index (χ1n) is 7.74. The number of nitrogens with zero attached hydrogens (tertiary/aromatic N) is 2. The number of halogens is 2. The van der Waals surface area contributed by atoms with E-state index in [4.69, 9.17) is 11.6 Å². The van der Waals surface area contributed by atoms with E-state index in [1.54, 1.807) is 24.3 Å². The molecule has 3 nitrogen and oxygen atoms in total. The first kappa shape index (κ1) is 19.3. The largest absolute Gasteiger partial charge is 0.337 e. The van der Waals surface area contributed by atoms with Crippen LogP contribution in [0, 0.1) is 5.92 Å². The van der Waals surface area contributed by atoms with E-state index in [2.05, 4.69) is 18.7 Å². The highest BCUT2D eigenvalue weighted by molar-refractivity contribution is 6.30. The van der Waals surface area contributed by atoms with E-state index >= 15 is 0 Å². The van der Waals surface area contributed by atoms with Crippen molar-refractivity contribution in [2.24, 2.45) is 5.92 Å². The van der Waals surface area contributed by atoms with E-state index in [-0.39, 0.29) is 24.4 Å². The molecule has 2 rings (SSSR count). The Kier molecular flexibility index (Phi) is 7.67. The summed E-state index contributed by atoms with van der Waals surface area (Å²) in [5, 5.41) is 0.659. The summed E-state index contributed by atoms with van der Waals surface area (Å²) in [6.07, 6.45) is 2.55. The predicted molar refractivity (Wildman–Crippen MR) is 95.1 cm³/mol. The lowest BCUT2D eigenvalue weighted by molar-refractivity contribution is 0.0641. The van der Waals surface area contributed by atoms with Crippen LogP contribution in [0.15, 0.2) is 24.3 Å². The molecule has 5 heteroatoms. The van der Waals surface area contributed by atoms with Crippen LogP contribution in [0.25, 0.3) is 0 Å². The van der Waals surface area contributed by atoms with Gasteiger partial charge in [0.15, 0.2) is 0 Å². The normalized spacial score (nSPS) is 16.4. The van der Waals surface area contributed by atoms with Crippen molar-refractivity contribution in [3.63, 3.8) is 0 Å². The molecular weight excluding hydrogens is 319 g/mol. The van der Waals surface area contributed by atoms with Gasteiger partial charge < -0.3 is 9.80 Å². The molecule has 1 fully saturated rings. The zero-order valence-electron chi connectivity index (χ0n) is 13.6. The Balaban J connectivity index is 0.00000242. The van der Waals surface area contributed by atoms with Gasteiger partial charge in [0.25, 0.3) is 5.91 Å². The summed E-state index contributed by atoms with van der Waals surface area (Å²) in [5.41, 5.74) is 0.703. The van der Waals surface area contributed by atoms with Crippen LogP contribution in [0.3, 0.4) is 0 Å². The van der Waals surface area contributed by atoms with Gasteiger partial charge >= 0.3 is 0 Å². The van der Waals surface area contributed by atoms with Crippen molar-refractivity contribution in [3.8, 4) is 0 Å². The number of carbonyl (C=O) groups is 1. The van der Waals surface area contributed by atoms with Gasteiger partial charge in [-0.2, -0.15) is 0 Å². The Morgan fingerprint density at radius 1 is 1.23 bits per heavy atom. The van der Waals surface area contributed by atoms with E-state index < -0.39 is 0 Å². The average Bonchev–Trinajstić information content (AvgIpc) is 2.97. The van der Waals surface area contributed by atoms with Crippen LogP contribution in [-0.4, -0.2) is 48.4 Å². The molecule has 1 aliphatic heterocycles. The van der Waals surface area contributed by atoms with Gasteiger partial charge in [-0.3, -0.25) is 4.79 Å². The van der Waals surface area contributed by atoms with Crippen molar-refractivity contribution in [2.45, 2.75) is 32.7 Å². The number of rotatable bonds is 5. The van der Waals surface area contributed by atoms with Crippen LogP contribution in [0.4, 0.5) is 0 Å². The highest BCUT2D eigenvalue weighted by Gasteiger charge is 2.27. The molecule has 0 bridgehead atoms. The molecule has 22 heavy (non-hydrogen) atoms. The SMILES string of the molecule is CC(C)C(CN1CCCC1)N(C)C(=O)c1ccc(Cl)cc1.Cl. The molecule has 1 heterocycles. The lowest BCUT2D eigenvalue weighted by Crippen LogP contribution is -2.47. The van der Waals surface area contributed by atoms with Crippen LogP contribution in [0.1, 0.15) is 37.0 Å². The van der Waals surface area contributed by atoms with Crippen LogP contribution < -0.4 is 0 Å². The summed E-state index contributed by atoms with van der Waals surface area (Å²) in [4.78, 5) is 17.0. The zero-order chi connectivity index (χ0) is 15.4. The van der Waals surface area contributed by atoms with Gasteiger partial charge in [0.1, 0.15) is 0 Å². The summed E-state index contributed by atoms with van der Waals surface area (Å²) in [6, 6.07) is 7.38. The maximum atomic E-state index is 12.6. The quantitative estimate of drug-likeness (QED) is 0.807. The van der Waals surface area contributed by atoms with Gasteiger partial charge in [-0.25, -0.2) is 0 Å². The second-order valence-electron chi connectivity index (χ2n) is 6.24. The number of carbonyl (C=O) groups excluding carboxylic acids is 1. The standard InChI is InChI=1S/C17H25ClN2O.ClH/c1-13(2)16(12-20-10-4-5-11-20)19(3)17(21)14-6-8-15(18)9-7-14;/h6-9,13,16H,4-5,10-12H2,1-3H3;1H. The Morgan fingerprint density at radius 3 is 2.27 bits per heavy atom. The summed E-state index contributed by atoms with van der Waals surface area (Å²) in [5.74, 6) is 0.511. The molecule has 0 aromatic heterocycles. The van der Waals surface area contributed by atoms with Gasteiger partial charge in [-0.05, 0) is 56.1 Å². The fourth-order valence-corrected chi connectivity index (χ4v) is 3.08. The maximum Gasteiger partial charge on any atom is 0.253 e. The number of hydrogen-bond donors (Lipinski definition) is 0. The van der Waals surface area contributed by atoms with Crippen molar-refractivity contribution in [1.29, 1.82) is 0 Å². The zero-order valence-corrected chi connectivity index (χ0v) is 15.2. The molecule has 1 aromatic carbocycles. The highest BCUT2D eigenvalue weighted by atomic mass is 35.5. The van der Waals surface area contributed by atoms with Crippen molar-refractivity contribution in [2.75, 3.05) is 26.7 Å². The van der Waals surface area contributed by atoms with Crippen LogP contribution in [0.5, 0.6) is 0 Å². The van der Waals surface area contributed by atoms with E-state index in [1.165, 1.54) is 12.8 Å². The van der Waals surface area contributed by atoms with E-state index in [1.807, 2.05) is 11.9 Å². The molecule has 0 aliphatic carbocycles. The minimum absolute atomic E-state index is 0. The topological polar surface area (TPSA) is 23.6 Å². The molecule has 1 unspecified atom stereocenters. The number of likely N-dealkylation sites (tertiary alicyclic amines) is 1. The monoisotopic (exact) mass is 344 g/mol. The van der Waals surface area contributed by atoms with Crippen LogP contribution in [-0.2, 0) is 0 Å². The van der Waals surface area contributed by atoms with Crippen molar-refractivity contribution >= 4 is 29.9 Å². The molecule has 124 valence electrons. The molecule has 1 aromatic rings. The Bertz CT molecular complexity index is 470. The van der Waals surface area contributed by atoms with Gasteiger partial charge in [-0.1, -0.05) is 25.4 Å². The molecule has 0 saturated carbocycles. The third kappa shape index (κ3) is 4.87. The Hall–Kier alpha value is -0.770. The molecule has 1 amide bonds. The fourth-order valence-electron chi connectivity index (χ4n) is 2.96. The summed E-state index contributed by atoms with van der Waals surface area (Å²) >= 11 is 5.89. The van der Waals surface area contributed by atoms with Gasteiger partial charge in [0.2, 0.25) is 0 Å². The average molecular weight is 345 g/mol. The third-order valence-electron chi connectivity index (χ3n) is 4.32. The van der Waals surface area contributed by atoms with Gasteiger partial charge in [0.05, 0.1) is 0 Å². The summed E-state index contributed by atoms with van der Waals surface area (Å²) in [6.45, 7) is 7.66. The number of likely N-dealkylation sites (N-methyl/N-ethyl adjacent to an activating group) is 1. The molecule has 0 N–H and O–H groups in total. The van der Waals surface area contributed by atoms with E-state index in [9.17, 15) is 4.79 Å². The number of hydrogen-bond acceptors (Lipinski definition) is 2. The number of benzene rings is 1. The van der Waals surface area contributed by atoms with Gasteiger partial charge in [0, 0.05) is 30.2 Å². The molecular formula is C17H26Cl2N2O. The maximum absolute atomic E-state index is 12.6. The lowest BCUT2D eigenvalue weighted by Gasteiger charge is -2.34. The fraction of sp³-hybridized carbons (Fsp3) is 0.588. The van der Waals surface area contributed by atoms with E-state index in [0.717, 1.165) is 19.6 Å². The van der Waals surface area contributed by atoms with Crippen molar-refractivity contribution in [1.82, 2.24) is 9.80 Å². The molecule has 1 aliphatic rings. The van der Waals surface area contributed by atoms with Gasteiger partial charge in [-0.15, -0.1) is 12.4 Å². The van der Waals surface area contributed by atoms with Crippen molar-refractivity contribution < 1.29 is 4.79 Å². The molecule has 0 radical (unpaired) electrons. The van der Waals surface area contributed by atoms with Crippen LogP contribution >= 0.6 is 24.0 Å². The van der Waals surface area contributed by atoms with Crippen LogP contribution in [0.2, 0.25) is 5.02 Å². The molecule has 1 saturated heterocycles. The minimum Gasteiger partial charge on any atom is -0.337 e. The summed E-state index contributed by atoms with van der Waals surface area (Å²) in [7, 11) is 1.91. The first-order chi connectivity index (χ1) is 9.99. The second-order valence-corrected chi connectivity index (χ2v) is 6.68. The highest BCUT2D eigenvalue weighted by Crippen LogP contribution is 2.18. The second kappa shape index (κ2) is 8.76. The lowest BCUT2D eigenvalue weighted by atomic mass is 10.0. The first-order valence-corrected chi connectivity index (χ1v) is 8.12. The minimum atomic E-state index is 0. The summed E-state index contributed by atoms with van der Waals surface area (Å²) < 4.78 is 0. The van der Waals surface area contributed by atoms with Crippen molar-refractivity contribution in [3.05, 3.63) is 34.9 Å². The predicted octanol–water partition coefficient (Wildman–Crippen LogP) is 3.95. The third-order valence-corrected chi connectivity index (χ3v) is 4.57. The molecule has 0 spiro atoms.